The van der Waals surface area contributed by atoms with Crippen LogP contribution >= 0.6 is 0 Å². The monoisotopic (exact) mass is 240 g/mol. The molecule has 18 heavy (non-hydrogen) atoms. The van der Waals surface area contributed by atoms with Crippen molar-refractivity contribution >= 4 is 17.5 Å². The average Bonchev–Trinajstić information content (AvgIpc) is 2.87. The molecule has 2 N–H and O–H groups in total. The van der Waals surface area contributed by atoms with Crippen LogP contribution in [0.3, 0.4) is 0 Å². The van der Waals surface area contributed by atoms with E-state index in [1.165, 1.54) is 5.56 Å². The van der Waals surface area contributed by atoms with E-state index < -0.39 is 0 Å². The molecule has 0 aliphatic carbocycles. The lowest BCUT2D eigenvalue weighted by Crippen LogP contribution is -2.14. The summed E-state index contributed by atoms with van der Waals surface area (Å²) in [4.78, 5) is 19.9. The third kappa shape index (κ3) is 2.02. The first-order chi connectivity index (χ1) is 8.83. The fraction of sp³-hybridized carbons (Fsp3) is 0.154. The van der Waals surface area contributed by atoms with Gasteiger partial charge < -0.3 is 5.32 Å². The molecule has 0 radical (unpaired) electrons. The maximum absolute atomic E-state index is 12.0. The van der Waals surface area contributed by atoms with Crippen LogP contribution in [0, 0.1) is 0 Å². The molecule has 3 rings (SSSR count). The van der Waals surface area contributed by atoms with Gasteiger partial charge in [0.2, 0.25) is 5.95 Å². The number of hydrogen-bond acceptors (Lipinski definition) is 4. The predicted octanol–water partition coefficient (Wildman–Crippen LogP) is 1.70. The SMILES string of the molecule is O=C(Nc1ncccn1)c1ccc2c(c1)CCN2. The summed E-state index contributed by atoms with van der Waals surface area (Å²) in [6.07, 6.45) is 4.14. The topological polar surface area (TPSA) is 66.9 Å². The summed E-state index contributed by atoms with van der Waals surface area (Å²) in [7, 11) is 0. The zero-order valence-electron chi connectivity index (χ0n) is 9.68. The second kappa shape index (κ2) is 4.44. The third-order valence-corrected chi connectivity index (χ3v) is 2.87. The second-order valence-electron chi connectivity index (χ2n) is 4.08. The zero-order chi connectivity index (χ0) is 12.4. The van der Waals surface area contributed by atoms with Crippen molar-refractivity contribution in [1.82, 2.24) is 9.97 Å². The molecule has 1 aromatic carbocycles. The van der Waals surface area contributed by atoms with Crippen LogP contribution in [0.4, 0.5) is 11.6 Å². The van der Waals surface area contributed by atoms with Crippen molar-refractivity contribution in [1.29, 1.82) is 0 Å². The van der Waals surface area contributed by atoms with Gasteiger partial charge in [-0.3, -0.25) is 10.1 Å². The Morgan fingerprint density at radius 2 is 2.11 bits per heavy atom. The molecule has 1 aromatic heterocycles. The highest BCUT2D eigenvalue weighted by molar-refractivity contribution is 6.03. The number of rotatable bonds is 2. The molecular formula is C13H12N4O. The molecule has 1 amide bonds. The number of nitrogens with zero attached hydrogens (tertiary/aromatic N) is 2. The normalized spacial score (nSPS) is 12.7. The van der Waals surface area contributed by atoms with E-state index in [1.54, 1.807) is 24.5 Å². The maximum Gasteiger partial charge on any atom is 0.258 e. The summed E-state index contributed by atoms with van der Waals surface area (Å²) in [6.45, 7) is 0.933. The van der Waals surface area contributed by atoms with Crippen molar-refractivity contribution in [3.8, 4) is 0 Å². The molecule has 0 unspecified atom stereocenters. The Morgan fingerprint density at radius 1 is 1.28 bits per heavy atom. The van der Waals surface area contributed by atoms with E-state index in [1.807, 2.05) is 12.1 Å². The first kappa shape index (κ1) is 10.7. The van der Waals surface area contributed by atoms with E-state index in [2.05, 4.69) is 20.6 Å². The van der Waals surface area contributed by atoms with E-state index in [0.29, 0.717) is 11.5 Å². The molecule has 5 heteroatoms. The minimum atomic E-state index is -0.184. The molecule has 0 atom stereocenters. The van der Waals surface area contributed by atoms with Crippen LogP contribution in [0.15, 0.2) is 36.7 Å². The highest BCUT2D eigenvalue weighted by Gasteiger charge is 2.13. The molecular weight excluding hydrogens is 228 g/mol. The number of benzene rings is 1. The van der Waals surface area contributed by atoms with Crippen LogP contribution in [-0.2, 0) is 6.42 Å². The minimum Gasteiger partial charge on any atom is -0.384 e. The standard InChI is InChI=1S/C13H12N4O/c18-12(17-13-15-5-1-6-16-13)10-2-3-11-9(8-10)4-7-14-11/h1-3,5-6,8,14H,4,7H2,(H,15,16,17,18). The summed E-state index contributed by atoms with van der Waals surface area (Å²) in [6, 6.07) is 7.35. The highest BCUT2D eigenvalue weighted by Crippen LogP contribution is 2.23. The predicted molar refractivity (Wildman–Crippen MR) is 68.6 cm³/mol. The van der Waals surface area contributed by atoms with Crippen molar-refractivity contribution < 1.29 is 4.79 Å². The second-order valence-corrected chi connectivity index (χ2v) is 4.08. The lowest BCUT2D eigenvalue weighted by molar-refractivity contribution is 0.102. The zero-order valence-corrected chi connectivity index (χ0v) is 9.68. The van der Waals surface area contributed by atoms with Crippen LogP contribution in [0.1, 0.15) is 15.9 Å². The Morgan fingerprint density at radius 3 is 2.94 bits per heavy atom. The molecule has 5 nitrogen and oxygen atoms in total. The molecule has 2 heterocycles. The van der Waals surface area contributed by atoms with Crippen LogP contribution in [0.5, 0.6) is 0 Å². The number of anilines is 2. The summed E-state index contributed by atoms with van der Waals surface area (Å²) in [5.41, 5.74) is 2.92. The van der Waals surface area contributed by atoms with Crippen LogP contribution in [0.2, 0.25) is 0 Å². The number of nitrogens with one attached hydrogen (secondary N) is 2. The third-order valence-electron chi connectivity index (χ3n) is 2.87. The fourth-order valence-corrected chi connectivity index (χ4v) is 1.98. The van der Waals surface area contributed by atoms with Crippen molar-refractivity contribution in [3.63, 3.8) is 0 Å². The molecule has 1 aliphatic rings. The molecule has 1 aliphatic heterocycles. The molecule has 0 bridgehead atoms. The summed E-state index contributed by atoms with van der Waals surface area (Å²) >= 11 is 0. The number of hydrogen-bond donors (Lipinski definition) is 2. The molecule has 0 saturated heterocycles. The largest absolute Gasteiger partial charge is 0.384 e. The Kier molecular flexibility index (Phi) is 2.64. The van der Waals surface area contributed by atoms with E-state index in [4.69, 9.17) is 0 Å². The molecule has 2 aromatic rings. The number of aromatic nitrogens is 2. The lowest BCUT2D eigenvalue weighted by Gasteiger charge is -2.05. The van der Waals surface area contributed by atoms with Gasteiger partial charge in [0.15, 0.2) is 0 Å². The Labute approximate surface area is 104 Å². The number of carbonyl (C=O) groups is 1. The summed E-state index contributed by atoms with van der Waals surface area (Å²) in [5, 5.41) is 5.93. The van der Waals surface area contributed by atoms with E-state index in [-0.39, 0.29) is 5.91 Å². The Balaban J connectivity index is 1.81. The van der Waals surface area contributed by atoms with Gasteiger partial charge in [-0.2, -0.15) is 0 Å². The summed E-state index contributed by atoms with van der Waals surface area (Å²) in [5.74, 6) is 0.136. The van der Waals surface area contributed by atoms with Gasteiger partial charge in [0.25, 0.3) is 5.91 Å². The maximum atomic E-state index is 12.0. The highest BCUT2D eigenvalue weighted by atomic mass is 16.1. The minimum absolute atomic E-state index is 0.184. The Hall–Kier alpha value is -2.43. The van der Waals surface area contributed by atoms with Crippen LogP contribution < -0.4 is 10.6 Å². The number of fused-ring (bicyclic) bond motifs is 1. The van der Waals surface area contributed by atoms with Gasteiger partial charge in [-0.1, -0.05) is 0 Å². The quantitative estimate of drug-likeness (QED) is 0.838. The van der Waals surface area contributed by atoms with Gasteiger partial charge in [0.1, 0.15) is 0 Å². The van der Waals surface area contributed by atoms with Crippen molar-refractivity contribution in [2.45, 2.75) is 6.42 Å². The van der Waals surface area contributed by atoms with Crippen molar-refractivity contribution in [3.05, 3.63) is 47.8 Å². The van der Waals surface area contributed by atoms with E-state index in [0.717, 1.165) is 18.7 Å². The lowest BCUT2D eigenvalue weighted by atomic mass is 10.1. The summed E-state index contributed by atoms with van der Waals surface area (Å²) < 4.78 is 0. The first-order valence-corrected chi connectivity index (χ1v) is 5.78. The molecule has 90 valence electrons. The average molecular weight is 240 g/mol. The van der Waals surface area contributed by atoms with Gasteiger partial charge in [-0.25, -0.2) is 9.97 Å². The van der Waals surface area contributed by atoms with E-state index in [9.17, 15) is 4.79 Å². The smallest absolute Gasteiger partial charge is 0.258 e. The molecule has 0 fully saturated rings. The van der Waals surface area contributed by atoms with Crippen LogP contribution in [-0.4, -0.2) is 22.4 Å². The molecule has 0 spiro atoms. The Bertz CT molecular complexity index is 583. The number of carbonyl (C=O) groups excluding carboxylic acids is 1. The van der Waals surface area contributed by atoms with Gasteiger partial charge in [-0.15, -0.1) is 0 Å². The van der Waals surface area contributed by atoms with E-state index >= 15 is 0 Å². The van der Waals surface area contributed by atoms with Crippen molar-refractivity contribution in [2.75, 3.05) is 17.2 Å². The van der Waals surface area contributed by atoms with Gasteiger partial charge in [0, 0.05) is 30.2 Å². The van der Waals surface area contributed by atoms with Gasteiger partial charge in [0.05, 0.1) is 0 Å². The molecule has 0 saturated carbocycles. The first-order valence-electron chi connectivity index (χ1n) is 5.78. The van der Waals surface area contributed by atoms with Gasteiger partial charge in [-0.05, 0) is 36.2 Å². The fourth-order valence-electron chi connectivity index (χ4n) is 1.98. The number of amides is 1. The van der Waals surface area contributed by atoms with Crippen LogP contribution in [0.25, 0.3) is 0 Å². The van der Waals surface area contributed by atoms with Gasteiger partial charge >= 0.3 is 0 Å². The van der Waals surface area contributed by atoms with Crippen molar-refractivity contribution in [2.24, 2.45) is 0 Å².